The van der Waals surface area contributed by atoms with Crippen molar-refractivity contribution in [3.63, 3.8) is 0 Å². The van der Waals surface area contributed by atoms with Crippen LogP contribution in [0.5, 0.6) is 51.7 Å². The summed E-state index contributed by atoms with van der Waals surface area (Å²) < 4.78 is 20.3. The average Bonchev–Trinajstić information content (AvgIpc) is 3.80. The molecule has 0 aromatic heterocycles. The Morgan fingerprint density at radius 1 is 0.314 bits per heavy atom. The van der Waals surface area contributed by atoms with Crippen LogP contribution in [0.2, 0.25) is 0 Å². The van der Waals surface area contributed by atoms with E-state index in [0.717, 1.165) is 50.1 Å². The molecule has 6 aromatic carbocycles. The second-order valence-corrected chi connectivity index (χ2v) is 13.7. The van der Waals surface area contributed by atoms with Gasteiger partial charge < -0.3 is 44.8 Å². The van der Waals surface area contributed by atoms with E-state index in [-0.39, 0.29) is 34.5 Å². The number of phenolic OH excluding ortho intramolecular Hbond substituents is 6. The molecule has 6 atom stereocenters. The number of ether oxygens (including phenoxy) is 3. The van der Waals surface area contributed by atoms with Gasteiger partial charge >= 0.3 is 0 Å². The summed E-state index contributed by atoms with van der Waals surface area (Å²) in [7, 11) is 0. The maximum atomic E-state index is 11.3. The van der Waals surface area contributed by atoms with Gasteiger partial charge in [-0.1, -0.05) is 36.4 Å². The van der Waals surface area contributed by atoms with E-state index in [1.807, 2.05) is 0 Å². The first-order valence-corrected chi connectivity index (χ1v) is 16.7. The van der Waals surface area contributed by atoms with Gasteiger partial charge in [0.1, 0.15) is 70.1 Å². The Morgan fingerprint density at radius 3 is 0.824 bits per heavy atom. The fraction of sp³-hybridized carbons (Fsp3) is 0.143. The van der Waals surface area contributed by atoms with Gasteiger partial charge in [0.15, 0.2) is 0 Å². The van der Waals surface area contributed by atoms with Gasteiger partial charge in [-0.2, -0.15) is 0 Å². The summed E-state index contributed by atoms with van der Waals surface area (Å²) in [5, 5.41) is 64.5. The Hall–Kier alpha value is -6.48. The molecule has 1 aliphatic carbocycles. The zero-order valence-electron chi connectivity index (χ0n) is 26.8. The smallest absolute Gasteiger partial charge is 0.135 e. The SMILES string of the molecule is Oc1ccc([C@H]2Oc3cc(O)cc4c3[C@@H]2c2cc(O)cc3c2[C@@H](c2cc(O)cc5c2[C@H]4[C@H](c2ccc(O)cc2)O5)[C@H](c2ccc(O)cc2)O3)cc1. The third-order valence-corrected chi connectivity index (χ3v) is 10.7. The van der Waals surface area contributed by atoms with E-state index in [0.29, 0.717) is 17.2 Å². The van der Waals surface area contributed by atoms with Crippen LogP contribution in [0.1, 0.15) is 86.1 Å². The third kappa shape index (κ3) is 4.34. The van der Waals surface area contributed by atoms with E-state index < -0.39 is 36.1 Å². The number of aromatic hydroxyl groups is 6. The molecule has 252 valence electrons. The predicted octanol–water partition coefficient (Wildman–Crippen LogP) is 8.03. The lowest BCUT2D eigenvalue weighted by molar-refractivity contribution is 0.219. The molecule has 9 nitrogen and oxygen atoms in total. The van der Waals surface area contributed by atoms with E-state index >= 15 is 0 Å². The molecule has 10 rings (SSSR count). The molecule has 3 heterocycles. The van der Waals surface area contributed by atoms with Crippen LogP contribution in [-0.2, 0) is 0 Å². The molecule has 0 spiro atoms. The van der Waals surface area contributed by atoms with Crippen molar-refractivity contribution in [3.8, 4) is 51.7 Å². The van der Waals surface area contributed by atoms with Crippen molar-refractivity contribution < 1.29 is 44.8 Å². The lowest BCUT2D eigenvalue weighted by Crippen LogP contribution is -2.16. The fourth-order valence-corrected chi connectivity index (χ4v) is 8.76. The van der Waals surface area contributed by atoms with Gasteiger partial charge in [0.05, 0.1) is 17.8 Å². The minimum Gasteiger partial charge on any atom is -0.508 e. The first-order valence-electron chi connectivity index (χ1n) is 16.7. The minimum atomic E-state index is -0.635. The number of rotatable bonds is 3. The van der Waals surface area contributed by atoms with Crippen LogP contribution in [0.4, 0.5) is 0 Å². The van der Waals surface area contributed by atoms with Gasteiger partial charge in [0, 0.05) is 34.9 Å². The Morgan fingerprint density at radius 2 is 0.569 bits per heavy atom. The maximum absolute atomic E-state index is 11.3. The van der Waals surface area contributed by atoms with Crippen molar-refractivity contribution in [1.29, 1.82) is 0 Å². The molecular weight excluding hydrogens is 648 g/mol. The standard InChI is InChI=1S/C42H30O9/c43-22-7-1-19(2-8-22)40-37-28-13-25(46)17-32-35(28)39(42(50-32)21-5-11-24(45)12-6-21)30-15-27(48)18-33-36(30)38(29-14-26(47)16-31(49-40)34(29)37)41(51-33)20-3-9-23(44)10-4-20/h1-18,37-48H/t37-,38-,39+,40+,41-,42-/m0/s1. The molecule has 0 bridgehead atoms. The Kier molecular flexibility index (Phi) is 6.07. The summed E-state index contributed by atoms with van der Waals surface area (Å²) in [6, 6.07) is 30.5. The normalized spacial score (nSPS) is 23.1. The largest absolute Gasteiger partial charge is 0.508 e. The van der Waals surface area contributed by atoms with Gasteiger partial charge in [-0.05, 0) is 88.0 Å². The summed E-state index contributed by atoms with van der Waals surface area (Å²) in [6.07, 6.45) is -1.91. The fourth-order valence-electron chi connectivity index (χ4n) is 8.76. The zero-order chi connectivity index (χ0) is 34.7. The van der Waals surface area contributed by atoms with Gasteiger partial charge in [0.25, 0.3) is 0 Å². The molecule has 4 aliphatic rings. The van der Waals surface area contributed by atoms with E-state index in [4.69, 9.17) is 14.2 Å². The van der Waals surface area contributed by atoms with Crippen molar-refractivity contribution in [2.45, 2.75) is 36.1 Å². The van der Waals surface area contributed by atoms with Crippen LogP contribution in [-0.4, -0.2) is 30.6 Å². The Bertz CT molecular complexity index is 2120. The van der Waals surface area contributed by atoms with Gasteiger partial charge in [-0.15, -0.1) is 0 Å². The first-order chi connectivity index (χ1) is 24.7. The number of hydrogen-bond acceptors (Lipinski definition) is 9. The number of fused-ring (bicyclic) bond motifs is 3. The van der Waals surface area contributed by atoms with Crippen molar-refractivity contribution in [3.05, 3.63) is 159 Å². The van der Waals surface area contributed by atoms with Crippen LogP contribution in [0.25, 0.3) is 0 Å². The molecule has 6 aromatic rings. The number of phenols is 6. The second-order valence-electron chi connectivity index (χ2n) is 13.7. The van der Waals surface area contributed by atoms with Gasteiger partial charge in [0.2, 0.25) is 0 Å². The Labute approximate surface area is 291 Å². The molecule has 9 heteroatoms. The van der Waals surface area contributed by atoms with Crippen molar-refractivity contribution >= 4 is 0 Å². The lowest BCUT2D eigenvalue weighted by atomic mass is 9.76. The van der Waals surface area contributed by atoms with Crippen molar-refractivity contribution in [2.75, 3.05) is 0 Å². The van der Waals surface area contributed by atoms with Gasteiger partial charge in [-0.3, -0.25) is 0 Å². The molecular formula is C42H30O9. The highest BCUT2D eigenvalue weighted by atomic mass is 16.5. The zero-order valence-corrected chi connectivity index (χ0v) is 26.8. The van der Waals surface area contributed by atoms with Crippen LogP contribution < -0.4 is 14.2 Å². The highest BCUT2D eigenvalue weighted by Gasteiger charge is 2.52. The predicted molar refractivity (Wildman–Crippen MR) is 184 cm³/mol. The second kappa shape index (κ2) is 10.5. The molecule has 0 radical (unpaired) electrons. The summed E-state index contributed by atoms with van der Waals surface area (Å²) in [5.74, 6) is 0.123. The topological polar surface area (TPSA) is 149 Å². The molecule has 51 heavy (non-hydrogen) atoms. The minimum absolute atomic E-state index is 0.00268. The van der Waals surface area contributed by atoms with E-state index in [2.05, 4.69) is 0 Å². The highest BCUT2D eigenvalue weighted by molar-refractivity contribution is 5.70. The van der Waals surface area contributed by atoms with Crippen molar-refractivity contribution in [2.24, 2.45) is 0 Å². The lowest BCUT2D eigenvalue weighted by Gasteiger charge is -2.26. The van der Waals surface area contributed by atoms with Crippen molar-refractivity contribution in [1.82, 2.24) is 0 Å². The van der Waals surface area contributed by atoms with E-state index in [1.54, 1.807) is 109 Å². The molecule has 0 saturated carbocycles. The van der Waals surface area contributed by atoms with Crippen LogP contribution in [0.3, 0.4) is 0 Å². The summed E-state index contributed by atoms with van der Waals surface area (Å²) in [6.45, 7) is 0. The monoisotopic (exact) mass is 678 g/mol. The van der Waals surface area contributed by atoms with Crippen LogP contribution in [0, 0.1) is 0 Å². The van der Waals surface area contributed by atoms with Crippen LogP contribution in [0.15, 0.2) is 109 Å². The summed E-state index contributed by atoms with van der Waals surface area (Å²) >= 11 is 0. The molecule has 0 amide bonds. The number of hydrogen-bond donors (Lipinski definition) is 6. The third-order valence-electron chi connectivity index (χ3n) is 10.7. The van der Waals surface area contributed by atoms with Gasteiger partial charge in [-0.25, -0.2) is 0 Å². The van der Waals surface area contributed by atoms with Crippen LogP contribution >= 0.6 is 0 Å². The van der Waals surface area contributed by atoms with E-state index in [9.17, 15) is 30.6 Å². The molecule has 0 saturated heterocycles. The Balaban J connectivity index is 1.33. The molecule has 3 aliphatic heterocycles. The molecule has 6 N–H and O–H groups in total. The summed E-state index contributed by atoms with van der Waals surface area (Å²) in [5.41, 5.74) is 6.97. The maximum Gasteiger partial charge on any atom is 0.135 e. The highest BCUT2D eigenvalue weighted by Crippen LogP contribution is 2.65. The quantitative estimate of drug-likeness (QED) is 0.109. The average molecular weight is 679 g/mol. The first kappa shape index (κ1) is 29.4. The molecule has 0 unspecified atom stereocenters. The van der Waals surface area contributed by atoms with E-state index in [1.165, 1.54) is 0 Å². The summed E-state index contributed by atoms with van der Waals surface area (Å²) in [4.78, 5) is 0. The molecule has 0 fully saturated rings. The number of benzene rings is 6.